The number of carbonyl (C=O) groups excluding carboxylic acids is 2. The second-order valence-electron chi connectivity index (χ2n) is 7.85. The number of ether oxygens (including phenoxy) is 1. The first-order valence-electron chi connectivity index (χ1n) is 11.2. The zero-order valence-electron chi connectivity index (χ0n) is 19.0. The Bertz CT molecular complexity index is 1080. The average molecular weight is 483 g/mol. The van der Waals surface area contributed by atoms with Crippen LogP contribution < -0.4 is 10.1 Å². The Morgan fingerprint density at radius 2 is 1.68 bits per heavy atom. The molecule has 0 radical (unpaired) electrons. The molecule has 0 heterocycles. The number of hydrogen-bond donors (Lipinski definition) is 1. The normalized spacial score (nSPS) is 11.5. The highest BCUT2D eigenvalue weighted by Crippen LogP contribution is 2.21. The predicted molar refractivity (Wildman–Crippen MR) is 131 cm³/mol. The van der Waals surface area contributed by atoms with Gasteiger partial charge in [0.15, 0.2) is 6.61 Å². The molecule has 0 bridgehead atoms. The number of hydrogen-bond acceptors (Lipinski definition) is 3. The second kappa shape index (κ2) is 12.8. The van der Waals surface area contributed by atoms with Crippen molar-refractivity contribution in [2.75, 3.05) is 13.2 Å². The molecule has 1 N–H and O–H groups in total. The highest BCUT2D eigenvalue weighted by Gasteiger charge is 2.31. The van der Waals surface area contributed by atoms with Crippen LogP contribution in [0, 0.1) is 5.82 Å². The van der Waals surface area contributed by atoms with Crippen molar-refractivity contribution < 1.29 is 18.7 Å². The molecule has 3 aromatic rings. The lowest BCUT2D eigenvalue weighted by Crippen LogP contribution is -2.51. The van der Waals surface area contributed by atoms with Gasteiger partial charge in [-0.1, -0.05) is 67.1 Å². The molecule has 0 aliphatic carbocycles. The molecule has 0 aromatic heterocycles. The van der Waals surface area contributed by atoms with Crippen molar-refractivity contribution in [3.8, 4) is 5.75 Å². The molecule has 178 valence electrons. The van der Waals surface area contributed by atoms with Gasteiger partial charge in [0.2, 0.25) is 5.91 Å². The maximum absolute atomic E-state index is 13.4. The number of nitrogens with one attached hydrogen (secondary N) is 1. The van der Waals surface area contributed by atoms with Crippen molar-refractivity contribution in [3.05, 3.63) is 101 Å². The van der Waals surface area contributed by atoms with E-state index in [0.29, 0.717) is 23.7 Å². The van der Waals surface area contributed by atoms with E-state index in [1.807, 2.05) is 55.5 Å². The van der Waals surface area contributed by atoms with Gasteiger partial charge in [0.05, 0.1) is 0 Å². The van der Waals surface area contributed by atoms with Crippen LogP contribution in [-0.2, 0) is 22.6 Å². The number of halogens is 2. The molecule has 0 aliphatic heterocycles. The highest BCUT2D eigenvalue weighted by molar-refractivity contribution is 6.31. The van der Waals surface area contributed by atoms with E-state index in [9.17, 15) is 14.0 Å². The van der Waals surface area contributed by atoms with Crippen LogP contribution in [-0.4, -0.2) is 35.9 Å². The topological polar surface area (TPSA) is 58.6 Å². The highest BCUT2D eigenvalue weighted by atomic mass is 35.5. The summed E-state index contributed by atoms with van der Waals surface area (Å²) < 4.78 is 18.8. The van der Waals surface area contributed by atoms with Gasteiger partial charge in [-0.25, -0.2) is 4.39 Å². The first kappa shape index (κ1) is 25.2. The first-order chi connectivity index (χ1) is 16.5. The average Bonchev–Trinajstić information content (AvgIpc) is 2.85. The third kappa shape index (κ3) is 7.32. The van der Waals surface area contributed by atoms with Gasteiger partial charge in [-0.2, -0.15) is 0 Å². The van der Waals surface area contributed by atoms with E-state index in [0.717, 1.165) is 17.5 Å². The Morgan fingerprint density at radius 3 is 2.35 bits per heavy atom. The van der Waals surface area contributed by atoms with E-state index in [-0.39, 0.29) is 25.0 Å². The minimum atomic E-state index is -0.769. The SMILES string of the molecule is CCCNC(=O)[C@H](Cc1ccccc1)N(Cc1ccccc1Cl)C(=O)COc1ccc(F)cc1. The number of benzene rings is 3. The Kier molecular flexibility index (Phi) is 9.47. The van der Waals surface area contributed by atoms with Crippen molar-refractivity contribution >= 4 is 23.4 Å². The summed E-state index contributed by atoms with van der Waals surface area (Å²) in [6.45, 7) is 2.31. The molecule has 0 fully saturated rings. The van der Waals surface area contributed by atoms with Crippen LogP contribution in [0.4, 0.5) is 4.39 Å². The smallest absolute Gasteiger partial charge is 0.261 e. The molecule has 3 rings (SSSR count). The van der Waals surface area contributed by atoms with Gasteiger partial charge in [-0.3, -0.25) is 9.59 Å². The van der Waals surface area contributed by atoms with Crippen molar-refractivity contribution in [2.45, 2.75) is 32.4 Å². The Balaban J connectivity index is 1.89. The van der Waals surface area contributed by atoms with E-state index in [1.165, 1.54) is 29.2 Å². The zero-order chi connectivity index (χ0) is 24.3. The summed E-state index contributed by atoms with van der Waals surface area (Å²) in [6, 6.07) is 21.4. The van der Waals surface area contributed by atoms with Crippen LogP contribution in [0.25, 0.3) is 0 Å². The molecule has 2 amide bonds. The molecule has 0 saturated carbocycles. The van der Waals surface area contributed by atoms with Crippen LogP contribution >= 0.6 is 11.6 Å². The van der Waals surface area contributed by atoms with Crippen molar-refractivity contribution in [2.24, 2.45) is 0 Å². The molecule has 34 heavy (non-hydrogen) atoms. The lowest BCUT2D eigenvalue weighted by molar-refractivity contribution is -0.142. The number of amides is 2. The summed E-state index contributed by atoms with van der Waals surface area (Å²) in [7, 11) is 0. The fourth-order valence-electron chi connectivity index (χ4n) is 3.49. The third-order valence-electron chi connectivity index (χ3n) is 5.29. The largest absolute Gasteiger partial charge is 0.484 e. The van der Waals surface area contributed by atoms with Crippen LogP contribution in [0.3, 0.4) is 0 Å². The number of nitrogens with zero attached hydrogens (tertiary/aromatic N) is 1. The Labute approximate surface area is 204 Å². The molecule has 0 saturated heterocycles. The van der Waals surface area contributed by atoms with Crippen molar-refractivity contribution in [1.82, 2.24) is 10.2 Å². The van der Waals surface area contributed by atoms with Gasteiger partial charge >= 0.3 is 0 Å². The van der Waals surface area contributed by atoms with Crippen LogP contribution in [0.5, 0.6) is 5.75 Å². The molecule has 7 heteroatoms. The van der Waals surface area contributed by atoms with E-state index in [2.05, 4.69) is 5.32 Å². The van der Waals surface area contributed by atoms with E-state index in [4.69, 9.17) is 16.3 Å². The molecule has 0 aliphatic rings. The van der Waals surface area contributed by atoms with Gasteiger partial charge in [0.1, 0.15) is 17.6 Å². The zero-order valence-corrected chi connectivity index (χ0v) is 19.8. The Morgan fingerprint density at radius 1 is 1.00 bits per heavy atom. The summed E-state index contributed by atoms with van der Waals surface area (Å²) in [5, 5.41) is 3.43. The minimum Gasteiger partial charge on any atom is -0.484 e. The quantitative estimate of drug-likeness (QED) is 0.417. The Hall–Kier alpha value is -3.38. The minimum absolute atomic E-state index is 0.141. The molecule has 3 aromatic carbocycles. The lowest BCUT2D eigenvalue weighted by atomic mass is 10.0. The standard InChI is InChI=1S/C27H28ClFN2O3/c1-2-16-30-27(33)25(17-20-8-4-3-5-9-20)31(18-21-10-6-7-11-24(21)28)26(32)19-34-23-14-12-22(29)13-15-23/h3-15,25H,2,16-19H2,1H3,(H,30,33)/t25-/m0/s1. The lowest BCUT2D eigenvalue weighted by Gasteiger charge is -2.31. The number of rotatable bonds is 11. The van der Waals surface area contributed by atoms with Crippen LogP contribution in [0.15, 0.2) is 78.9 Å². The van der Waals surface area contributed by atoms with E-state index < -0.39 is 11.9 Å². The molecular weight excluding hydrogens is 455 g/mol. The van der Waals surface area contributed by atoms with Gasteiger partial charge < -0.3 is 15.0 Å². The fourth-order valence-corrected chi connectivity index (χ4v) is 3.68. The summed E-state index contributed by atoms with van der Waals surface area (Å²) in [4.78, 5) is 28.1. The van der Waals surface area contributed by atoms with E-state index in [1.54, 1.807) is 6.07 Å². The predicted octanol–water partition coefficient (Wildman–Crippen LogP) is 5.02. The molecule has 5 nitrogen and oxygen atoms in total. The summed E-state index contributed by atoms with van der Waals surface area (Å²) in [5.41, 5.74) is 1.65. The summed E-state index contributed by atoms with van der Waals surface area (Å²) >= 11 is 6.38. The summed E-state index contributed by atoms with van der Waals surface area (Å²) in [6.07, 6.45) is 1.11. The van der Waals surface area contributed by atoms with Gasteiger partial charge in [0, 0.05) is 24.5 Å². The second-order valence-corrected chi connectivity index (χ2v) is 8.26. The monoisotopic (exact) mass is 482 g/mol. The van der Waals surface area contributed by atoms with Gasteiger partial charge in [0.25, 0.3) is 5.91 Å². The maximum atomic E-state index is 13.4. The fraction of sp³-hybridized carbons (Fsp3) is 0.259. The molecule has 0 unspecified atom stereocenters. The van der Waals surface area contributed by atoms with Crippen LogP contribution in [0.1, 0.15) is 24.5 Å². The molecular formula is C27H28ClFN2O3. The molecule has 1 atom stereocenters. The van der Waals surface area contributed by atoms with E-state index >= 15 is 0 Å². The van der Waals surface area contributed by atoms with Gasteiger partial charge in [-0.15, -0.1) is 0 Å². The van der Waals surface area contributed by atoms with Gasteiger partial charge in [-0.05, 0) is 47.9 Å². The van der Waals surface area contributed by atoms with Crippen LogP contribution in [0.2, 0.25) is 5.02 Å². The van der Waals surface area contributed by atoms with Crippen molar-refractivity contribution in [1.29, 1.82) is 0 Å². The third-order valence-corrected chi connectivity index (χ3v) is 5.66. The van der Waals surface area contributed by atoms with Crippen molar-refractivity contribution in [3.63, 3.8) is 0 Å². The number of carbonyl (C=O) groups is 2. The first-order valence-corrected chi connectivity index (χ1v) is 11.6. The molecule has 0 spiro atoms. The summed E-state index contributed by atoms with van der Waals surface area (Å²) in [5.74, 6) is -0.651. The maximum Gasteiger partial charge on any atom is 0.261 e.